The minimum Gasteiger partial charge on any atom is -0.503 e. The molecule has 0 bridgehead atoms. The van der Waals surface area contributed by atoms with Crippen LogP contribution >= 0.6 is 0 Å². The fourth-order valence-electron chi connectivity index (χ4n) is 2.71. The van der Waals surface area contributed by atoms with Gasteiger partial charge in [-0.15, -0.1) is 0 Å². The zero-order chi connectivity index (χ0) is 18.4. The van der Waals surface area contributed by atoms with E-state index in [4.69, 9.17) is 9.84 Å². The molecule has 1 aromatic rings. The van der Waals surface area contributed by atoms with E-state index in [2.05, 4.69) is 0 Å². The van der Waals surface area contributed by atoms with Crippen molar-refractivity contribution in [1.82, 2.24) is 0 Å². The highest BCUT2D eigenvalue weighted by atomic mass is 19.2. The summed E-state index contributed by atoms with van der Waals surface area (Å²) in [6, 6.07) is 0. The second kappa shape index (κ2) is 6.07. The van der Waals surface area contributed by atoms with E-state index in [0.29, 0.717) is 0 Å². The maximum absolute atomic E-state index is 13.6. The molecule has 0 unspecified atom stereocenters. The third-order valence-corrected chi connectivity index (χ3v) is 4.26. The highest BCUT2D eigenvalue weighted by molar-refractivity contribution is 5.78. The molecular formula is C16H15F5O3. The fraction of sp³-hybridized carbons (Fsp3) is 0.438. The molecule has 1 fully saturated rings. The van der Waals surface area contributed by atoms with Crippen molar-refractivity contribution in [3.63, 3.8) is 0 Å². The lowest BCUT2D eigenvalue weighted by Crippen LogP contribution is -2.13. The SMILES string of the molecule is CC(F)=C[C@@H]1[C@@H](C(=O)OCc2c(F)c(F)c(O)c(F)c2F)C1(C)C. The van der Waals surface area contributed by atoms with Gasteiger partial charge in [-0.25, -0.2) is 13.2 Å². The summed E-state index contributed by atoms with van der Waals surface area (Å²) in [5.41, 5.74) is -1.75. The number of phenolic OH excluding ortho intramolecular Hbond substituents is 1. The number of aromatic hydroxyl groups is 1. The van der Waals surface area contributed by atoms with Crippen LogP contribution in [-0.2, 0) is 16.1 Å². The summed E-state index contributed by atoms with van der Waals surface area (Å²) < 4.78 is 71.3. The third-order valence-electron chi connectivity index (χ3n) is 4.26. The van der Waals surface area contributed by atoms with E-state index >= 15 is 0 Å². The normalized spacial score (nSPS) is 22.4. The van der Waals surface area contributed by atoms with E-state index < -0.39 is 70.2 Å². The number of esters is 1. The number of hydrogen-bond acceptors (Lipinski definition) is 3. The molecule has 0 aromatic heterocycles. The van der Waals surface area contributed by atoms with Crippen molar-refractivity contribution in [2.24, 2.45) is 17.3 Å². The first-order valence-electron chi connectivity index (χ1n) is 7.04. The van der Waals surface area contributed by atoms with Crippen LogP contribution in [0.15, 0.2) is 11.9 Å². The number of hydrogen-bond donors (Lipinski definition) is 1. The third kappa shape index (κ3) is 2.97. The Morgan fingerprint density at radius 3 is 2.12 bits per heavy atom. The van der Waals surface area contributed by atoms with Gasteiger partial charge in [0.05, 0.1) is 17.3 Å². The number of halogens is 5. The standard InChI is InChI=1S/C16H15F5O3/c1-6(17)4-8-9(16(8,2)3)15(23)24-5-7-10(18)12(20)14(22)13(21)11(7)19/h4,8-9,22H,5H2,1-3H3/t8-,9+/m1/s1. The lowest BCUT2D eigenvalue weighted by atomic mass is 10.1. The minimum absolute atomic E-state index is 0.446. The van der Waals surface area contributed by atoms with Crippen LogP contribution in [0.1, 0.15) is 26.3 Å². The van der Waals surface area contributed by atoms with Crippen LogP contribution in [0.4, 0.5) is 22.0 Å². The first kappa shape index (κ1) is 18.2. The summed E-state index contributed by atoms with van der Waals surface area (Å²) >= 11 is 0. The fourth-order valence-corrected chi connectivity index (χ4v) is 2.71. The van der Waals surface area contributed by atoms with Gasteiger partial charge in [-0.2, -0.15) is 8.78 Å². The summed E-state index contributed by atoms with van der Waals surface area (Å²) in [7, 11) is 0. The second-order valence-corrected chi connectivity index (χ2v) is 6.27. The number of rotatable bonds is 4. The molecule has 24 heavy (non-hydrogen) atoms. The molecule has 8 heteroatoms. The number of allylic oxidation sites excluding steroid dienone is 2. The van der Waals surface area contributed by atoms with E-state index in [1.54, 1.807) is 13.8 Å². The van der Waals surface area contributed by atoms with E-state index in [-0.39, 0.29) is 0 Å². The highest BCUT2D eigenvalue weighted by Gasteiger charge is 2.61. The summed E-state index contributed by atoms with van der Waals surface area (Å²) in [5, 5.41) is 8.88. The Kier molecular flexibility index (Phi) is 4.61. The van der Waals surface area contributed by atoms with Crippen molar-refractivity contribution < 1.29 is 36.6 Å². The maximum Gasteiger partial charge on any atom is 0.310 e. The molecule has 1 aliphatic rings. The van der Waals surface area contributed by atoms with Crippen molar-refractivity contribution in [3.05, 3.63) is 40.7 Å². The van der Waals surface area contributed by atoms with Gasteiger partial charge in [-0.1, -0.05) is 13.8 Å². The van der Waals surface area contributed by atoms with Crippen LogP contribution in [0.25, 0.3) is 0 Å². The molecule has 0 spiro atoms. The molecule has 2 rings (SSSR count). The number of benzene rings is 1. The molecule has 1 N–H and O–H groups in total. The molecule has 132 valence electrons. The Morgan fingerprint density at radius 2 is 1.67 bits per heavy atom. The zero-order valence-corrected chi connectivity index (χ0v) is 13.1. The van der Waals surface area contributed by atoms with Gasteiger partial charge in [0.25, 0.3) is 0 Å². The minimum atomic E-state index is -1.97. The first-order chi connectivity index (χ1) is 11.0. The second-order valence-electron chi connectivity index (χ2n) is 6.27. The number of carbonyl (C=O) groups excluding carboxylic acids is 1. The molecule has 3 nitrogen and oxygen atoms in total. The number of carbonyl (C=O) groups is 1. The van der Waals surface area contributed by atoms with Crippen LogP contribution in [0.2, 0.25) is 0 Å². The van der Waals surface area contributed by atoms with Crippen LogP contribution in [0, 0.1) is 40.5 Å². The predicted molar refractivity (Wildman–Crippen MR) is 73.4 cm³/mol. The predicted octanol–water partition coefficient (Wildman–Crippen LogP) is 4.14. The Morgan fingerprint density at radius 1 is 1.17 bits per heavy atom. The summed E-state index contributed by atoms with van der Waals surface area (Å²) in [4.78, 5) is 12.0. The van der Waals surface area contributed by atoms with E-state index in [9.17, 15) is 26.7 Å². The molecule has 0 amide bonds. The topological polar surface area (TPSA) is 46.5 Å². The summed E-state index contributed by atoms with van der Waals surface area (Å²) in [6.07, 6.45) is 1.24. The Balaban J connectivity index is 2.16. The lowest BCUT2D eigenvalue weighted by molar-refractivity contribution is -0.147. The van der Waals surface area contributed by atoms with Crippen LogP contribution in [0.5, 0.6) is 5.75 Å². The average Bonchev–Trinajstić information content (AvgIpc) is 3.02. The van der Waals surface area contributed by atoms with Crippen molar-refractivity contribution >= 4 is 5.97 Å². The van der Waals surface area contributed by atoms with Crippen LogP contribution in [0.3, 0.4) is 0 Å². The molecule has 0 aliphatic heterocycles. The number of ether oxygens (including phenoxy) is 1. The quantitative estimate of drug-likeness (QED) is 0.504. The Hall–Kier alpha value is -2.12. The van der Waals surface area contributed by atoms with Gasteiger partial charge in [0.2, 0.25) is 11.6 Å². The Labute approximate surface area is 134 Å². The van der Waals surface area contributed by atoms with E-state index in [1.165, 1.54) is 13.0 Å². The highest BCUT2D eigenvalue weighted by Crippen LogP contribution is 2.60. The van der Waals surface area contributed by atoms with Crippen molar-refractivity contribution in [2.45, 2.75) is 27.4 Å². The smallest absolute Gasteiger partial charge is 0.310 e. The number of phenols is 1. The van der Waals surface area contributed by atoms with E-state index in [1.807, 2.05) is 0 Å². The Bertz CT molecular complexity index is 694. The molecule has 2 atom stereocenters. The molecule has 0 saturated heterocycles. The molecule has 1 aromatic carbocycles. The van der Waals surface area contributed by atoms with Gasteiger partial charge in [-0.05, 0) is 24.3 Å². The lowest BCUT2D eigenvalue weighted by Gasteiger charge is -2.10. The van der Waals surface area contributed by atoms with Gasteiger partial charge < -0.3 is 9.84 Å². The van der Waals surface area contributed by atoms with Gasteiger partial charge in [0, 0.05) is 0 Å². The van der Waals surface area contributed by atoms with Crippen molar-refractivity contribution in [3.8, 4) is 5.75 Å². The molecule has 1 saturated carbocycles. The molecule has 1 aliphatic carbocycles. The van der Waals surface area contributed by atoms with Crippen molar-refractivity contribution in [2.75, 3.05) is 0 Å². The van der Waals surface area contributed by atoms with Gasteiger partial charge >= 0.3 is 5.97 Å². The van der Waals surface area contributed by atoms with E-state index in [0.717, 1.165) is 0 Å². The van der Waals surface area contributed by atoms with Gasteiger partial charge in [0.15, 0.2) is 17.4 Å². The summed E-state index contributed by atoms with van der Waals surface area (Å²) in [5.74, 6) is -11.9. The monoisotopic (exact) mass is 350 g/mol. The molecule has 0 heterocycles. The van der Waals surface area contributed by atoms with Crippen LogP contribution < -0.4 is 0 Å². The van der Waals surface area contributed by atoms with Crippen LogP contribution in [-0.4, -0.2) is 11.1 Å². The molecular weight excluding hydrogens is 335 g/mol. The first-order valence-corrected chi connectivity index (χ1v) is 7.04. The van der Waals surface area contributed by atoms with Gasteiger partial charge in [-0.3, -0.25) is 4.79 Å². The molecule has 0 radical (unpaired) electrons. The average molecular weight is 350 g/mol. The van der Waals surface area contributed by atoms with Gasteiger partial charge in [0.1, 0.15) is 6.61 Å². The zero-order valence-electron chi connectivity index (χ0n) is 13.1. The largest absolute Gasteiger partial charge is 0.503 e. The summed E-state index contributed by atoms with van der Waals surface area (Å²) in [6.45, 7) is 3.53. The van der Waals surface area contributed by atoms with Crippen molar-refractivity contribution in [1.29, 1.82) is 0 Å². The maximum atomic E-state index is 13.6.